The molecule has 2 N–H and O–H groups in total. The molecule has 1 aromatic carbocycles. The van der Waals surface area contributed by atoms with Crippen LogP contribution in [-0.2, 0) is 11.3 Å². The van der Waals surface area contributed by atoms with Crippen LogP contribution < -0.4 is 5.73 Å². The van der Waals surface area contributed by atoms with Gasteiger partial charge in [0.1, 0.15) is 11.6 Å². The second kappa shape index (κ2) is 6.12. The first-order chi connectivity index (χ1) is 9.17. The molecule has 4 nitrogen and oxygen atoms in total. The highest BCUT2D eigenvalue weighted by molar-refractivity contribution is 5.76. The lowest BCUT2D eigenvalue weighted by atomic mass is 10.2. The van der Waals surface area contributed by atoms with E-state index in [9.17, 15) is 4.39 Å². The van der Waals surface area contributed by atoms with Gasteiger partial charge in [0.2, 0.25) is 0 Å². The monoisotopic (exact) mass is 265 g/mol. The summed E-state index contributed by atoms with van der Waals surface area (Å²) in [5.41, 5.74) is 7.76. The standard InChI is InChI=1S/C14H20FN3O/c1-3-7-18-13-9-10(15)4-5-12(13)17-14(18)11(16)6-8-19-2/h4-5,9,11H,3,6-8,16H2,1-2H3. The predicted octanol–water partition coefficient (Wildman–Crippen LogP) is 2.62. The van der Waals surface area contributed by atoms with E-state index >= 15 is 0 Å². The third-order valence-electron chi connectivity index (χ3n) is 3.15. The molecule has 1 aromatic heterocycles. The number of nitrogens with zero attached hydrogens (tertiary/aromatic N) is 2. The van der Waals surface area contributed by atoms with Crippen LogP contribution in [0.25, 0.3) is 11.0 Å². The zero-order valence-corrected chi connectivity index (χ0v) is 11.4. The minimum atomic E-state index is -0.248. The lowest BCUT2D eigenvalue weighted by Gasteiger charge is -2.13. The van der Waals surface area contributed by atoms with Crippen molar-refractivity contribution in [2.24, 2.45) is 5.73 Å². The molecule has 0 spiro atoms. The van der Waals surface area contributed by atoms with Crippen LogP contribution in [0.3, 0.4) is 0 Å². The molecule has 0 aliphatic carbocycles. The number of nitrogens with two attached hydrogens (primary N) is 1. The van der Waals surface area contributed by atoms with E-state index in [4.69, 9.17) is 10.5 Å². The van der Waals surface area contributed by atoms with Crippen molar-refractivity contribution in [2.75, 3.05) is 13.7 Å². The molecular formula is C14H20FN3O. The van der Waals surface area contributed by atoms with Crippen molar-refractivity contribution in [1.82, 2.24) is 9.55 Å². The Kier molecular flexibility index (Phi) is 4.50. The van der Waals surface area contributed by atoms with E-state index in [0.29, 0.717) is 13.0 Å². The van der Waals surface area contributed by atoms with Crippen molar-refractivity contribution in [2.45, 2.75) is 32.4 Å². The van der Waals surface area contributed by atoms with Gasteiger partial charge in [0.15, 0.2) is 0 Å². The number of imidazole rings is 1. The summed E-state index contributed by atoms with van der Waals surface area (Å²) < 4.78 is 20.4. The molecule has 0 saturated heterocycles. The molecule has 5 heteroatoms. The number of aryl methyl sites for hydroxylation is 1. The van der Waals surface area contributed by atoms with Crippen LogP contribution in [0, 0.1) is 5.82 Å². The van der Waals surface area contributed by atoms with Crippen molar-refractivity contribution in [1.29, 1.82) is 0 Å². The molecule has 0 aliphatic rings. The fraction of sp³-hybridized carbons (Fsp3) is 0.500. The van der Waals surface area contributed by atoms with Crippen molar-refractivity contribution in [3.63, 3.8) is 0 Å². The van der Waals surface area contributed by atoms with E-state index in [1.165, 1.54) is 12.1 Å². The largest absolute Gasteiger partial charge is 0.385 e. The minimum Gasteiger partial charge on any atom is -0.385 e. The Morgan fingerprint density at radius 1 is 1.47 bits per heavy atom. The molecule has 2 aromatic rings. The van der Waals surface area contributed by atoms with Crippen LogP contribution in [-0.4, -0.2) is 23.3 Å². The van der Waals surface area contributed by atoms with E-state index in [-0.39, 0.29) is 11.9 Å². The average molecular weight is 265 g/mol. The van der Waals surface area contributed by atoms with Crippen LogP contribution in [0.5, 0.6) is 0 Å². The zero-order chi connectivity index (χ0) is 13.8. The third-order valence-corrected chi connectivity index (χ3v) is 3.15. The summed E-state index contributed by atoms with van der Waals surface area (Å²) in [6, 6.07) is 4.45. The summed E-state index contributed by atoms with van der Waals surface area (Å²) in [6.07, 6.45) is 1.65. The smallest absolute Gasteiger partial charge is 0.126 e. The summed E-state index contributed by atoms with van der Waals surface area (Å²) >= 11 is 0. The quantitative estimate of drug-likeness (QED) is 0.873. The van der Waals surface area contributed by atoms with Crippen LogP contribution in [0.2, 0.25) is 0 Å². The summed E-state index contributed by atoms with van der Waals surface area (Å²) in [4.78, 5) is 4.54. The summed E-state index contributed by atoms with van der Waals surface area (Å²) in [5.74, 6) is 0.557. The molecule has 1 heterocycles. The average Bonchev–Trinajstić information content (AvgIpc) is 2.75. The first-order valence-electron chi connectivity index (χ1n) is 6.57. The van der Waals surface area contributed by atoms with Gasteiger partial charge in [-0.25, -0.2) is 9.37 Å². The Labute approximate surface area is 112 Å². The van der Waals surface area contributed by atoms with Gasteiger partial charge in [0, 0.05) is 20.3 Å². The lowest BCUT2D eigenvalue weighted by molar-refractivity contribution is 0.186. The SMILES string of the molecule is CCCn1c(C(N)CCOC)nc2ccc(F)cc21. The lowest BCUT2D eigenvalue weighted by Crippen LogP contribution is -2.18. The molecule has 0 aliphatic heterocycles. The van der Waals surface area contributed by atoms with Gasteiger partial charge in [0.25, 0.3) is 0 Å². The molecule has 0 saturated carbocycles. The van der Waals surface area contributed by atoms with Crippen molar-refractivity contribution in [3.05, 3.63) is 29.8 Å². The molecule has 19 heavy (non-hydrogen) atoms. The molecule has 1 atom stereocenters. The maximum Gasteiger partial charge on any atom is 0.126 e. The second-order valence-corrected chi connectivity index (χ2v) is 4.64. The maximum atomic E-state index is 13.4. The third kappa shape index (κ3) is 2.93. The number of methoxy groups -OCH3 is 1. The Morgan fingerprint density at radius 3 is 2.95 bits per heavy atom. The summed E-state index contributed by atoms with van der Waals surface area (Å²) in [7, 11) is 1.65. The highest BCUT2D eigenvalue weighted by Gasteiger charge is 2.16. The number of fused-ring (bicyclic) bond motifs is 1. The van der Waals surface area contributed by atoms with E-state index in [1.807, 2.05) is 4.57 Å². The molecule has 0 fully saturated rings. The molecule has 0 radical (unpaired) electrons. The number of hydrogen-bond donors (Lipinski definition) is 1. The van der Waals surface area contributed by atoms with Crippen molar-refractivity contribution < 1.29 is 9.13 Å². The van der Waals surface area contributed by atoms with Gasteiger partial charge in [-0.3, -0.25) is 0 Å². The Morgan fingerprint density at radius 2 is 2.26 bits per heavy atom. The number of halogens is 1. The molecular weight excluding hydrogens is 245 g/mol. The van der Waals surface area contributed by atoms with Crippen LogP contribution in [0.4, 0.5) is 4.39 Å². The van der Waals surface area contributed by atoms with Gasteiger partial charge >= 0.3 is 0 Å². The van der Waals surface area contributed by atoms with Gasteiger partial charge in [-0.1, -0.05) is 6.92 Å². The summed E-state index contributed by atoms with van der Waals surface area (Å²) in [5, 5.41) is 0. The van der Waals surface area contributed by atoms with Gasteiger partial charge in [-0.15, -0.1) is 0 Å². The number of aromatic nitrogens is 2. The highest BCUT2D eigenvalue weighted by Crippen LogP contribution is 2.22. The normalized spacial score (nSPS) is 13.1. The fourth-order valence-corrected chi connectivity index (χ4v) is 2.23. The van der Waals surface area contributed by atoms with Crippen LogP contribution in [0.1, 0.15) is 31.6 Å². The number of benzene rings is 1. The van der Waals surface area contributed by atoms with Crippen LogP contribution >= 0.6 is 0 Å². The first-order valence-corrected chi connectivity index (χ1v) is 6.57. The van der Waals surface area contributed by atoms with Gasteiger partial charge in [-0.2, -0.15) is 0 Å². The van der Waals surface area contributed by atoms with Gasteiger partial charge in [-0.05, 0) is 31.0 Å². The van der Waals surface area contributed by atoms with E-state index in [2.05, 4.69) is 11.9 Å². The predicted molar refractivity (Wildman–Crippen MR) is 73.4 cm³/mol. The van der Waals surface area contributed by atoms with E-state index in [1.54, 1.807) is 13.2 Å². The number of hydrogen-bond acceptors (Lipinski definition) is 3. The van der Waals surface area contributed by atoms with Crippen molar-refractivity contribution >= 4 is 11.0 Å². The second-order valence-electron chi connectivity index (χ2n) is 4.64. The van der Waals surface area contributed by atoms with Crippen LogP contribution in [0.15, 0.2) is 18.2 Å². The fourth-order valence-electron chi connectivity index (χ4n) is 2.23. The Balaban J connectivity index is 2.43. The Bertz CT molecular complexity index is 553. The zero-order valence-electron chi connectivity index (χ0n) is 11.4. The highest BCUT2D eigenvalue weighted by atomic mass is 19.1. The van der Waals surface area contributed by atoms with E-state index < -0.39 is 0 Å². The molecule has 104 valence electrons. The molecule has 0 amide bonds. The van der Waals surface area contributed by atoms with Gasteiger partial charge in [0.05, 0.1) is 17.1 Å². The minimum absolute atomic E-state index is 0.193. The van der Waals surface area contributed by atoms with E-state index in [0.717, 1.165) is 29.8 Å². The summed E-state index contributed by atoms with van der Waals surface area (Å²) in [6.45, 7) is 3.45. The Hall–Kier alpha value is -1.46. The molecule has 2 rings (SSSR count). The maximum absolute atomic E-state index is 13.4. The number of ether oxygens (including phenoxy) is 1. The molecule has 1 unspecified atom stereocenters. The number of rotatable bonds is 6. The topological polar surface area (TPSA) is 53.1 Å². The first kappa shape index (κ1) is 14.0. The van der Waals surface area contributed by atoms with Gasteiger partial charge < -0.3 is 15.0 Å². The van der Waals surface area contributed by atoms with Crippen molar-refractivity contribution in [3.8, 4) is 0 Å². The molecule has 0 bridgehead atoms.